The lowest BCUT2D eigenvalue weighted by Gasteiger charge is -2.46. The highest BCUT2D eigenvalue weighted by Gasteiger charge is 2.52. The van der Waals surface area contributed by atoms with Gasteiger partial charge in [-0.25, -0.2) is 4.39 Å². The Morgan fingerprint density at radius 1 is 1.06 bits per heavy atom. The maximum Gasteiger partial charge on any atom is 0.234 e. The molecule has 33 heavy (non-hydrogen) atoms. The maximum atomic E-state index is 14.9. The minimum Gasteiger partial charge on any atom is -0.381 e. The molecular weight excluding hydrogens is 417 g/mol. The topological polar surface area (TPSA) is 46.8 Å². The zero-order valence-electron chi connectivity index (χ0n) is 18.8. The Kier molecular flexibility index (Phi) is 5.21. The van der Waals surface area contributed by atoms with Crippen molar-refractivity contribution in [3.8, 4) is 0 Å². The zero-order chi connectivity index (χ0) is 22.4. The smallest absolute Gasteiger partial charge is 0.234 e. The molecule has 3 aliphatic rings. The van der Waals surface area contributed by atoms with E-state index in [9.17, 15) is 9.18 Å². The first-order valence-corrected chi connectivity index (χ1v) is 12.2. The minimum absolute atomic E-state index is 0.119. The van der Waals surface area contributed by atoms with Crippen molar-refractivity contribution in [3.05, 3.63) is 72.1 Å². The molecule has 3 aliphatic heterocycles. The maximum absolute atomic E-state index is 14.9. The van der Waals surface area contributed by atoms with Crippen molar-refractivity contribution in [1.29, 1.82) is 0 Å². The molecule has 0 unspecified atom stereocenters. The summed E-state index contributed by atoms with van der Waals surface area (Å²) < 4.78 is 22.7. The number of carbonyl (C=O) groups excluding carboxylic acids is 1. The third-order valence-electron chi connectivity index (χ3n) is 8.22. The molecule has 5 nitrogen and oxygen atoms in total. The average Bonchev–Trinajstić information content (AvgIpc) is 3.42. The number of ether oxygens (including phenoxy) is 1. The van der Waals surface area contributed by atoms with Crippen molar-refractivity contribution in [3.63, 3.8) is 0 Å². The second-order valence-electron chi connectivity index (χ2n) is 9.99. The number of amides is 1. The molecule has 1 amide bonds. The third-order valence-corrected chi connectivity index (χ3v) is 8.22. The van der Waals surface area contributed by atoms with Crippen LogP contribution >= 0.6 is 0 Å². The van der Waals surface area contributed by atoms with E-state index in [-0.39, 0.29) is 23.8 Å². The number of aromatic nitrogens is 2. The van der Waals surface area contributed by atoms with E-state index in [0.29, 0.717) is 37.5 Å². The highest BCUT2D eigenvalue weighted by Crippen LogP contribution is 2.45. The fourth-order valence-electron chi connectivity index (χ4n) is 6.66. The molecule has 2 atom stereocenters. The summed E-state index contributed by atoms with van der Waals surface area (Å²) in [5, 5.41) is 0. The van der Waals surface area contributed by atoms with Crippen molar-refractivity contribution in [2.75, 3.05) is 13.2 Å². The number of hydrogen-bond acceptors (Lipinski definition) is 3. The second-order valence-corrected chi connectivity index (χ2v) is 9.99. The normalized spacial score (nSPS) is 26.6. The van der Waals surface area contributed by atoms with Gasteiger partial charge in [0, 0.05) is 49.5 Å². The van der Waals surface area contributed by atoms with Crippen LogP contribution in [0.3, 0.4) is 0 Å². The number of hydrogen-bond donors (Lipinski definition) is 0. The molecule has 6 rings (SSSR count). The molecule has 0 N–H and O–H groups in total. The van der Waals surface area contributed by atoms with Gasteiger partial charge in [0.1, 0.15) is 5.82 Å². The number of nitrogens with zero attached hydrogens (tertiary/aromatic N) is 3. The summed E-state index contributed by atoms with van der Waals surface area (Å²) in [5.74, 6) is 0.356. The van der Waals surface area contributed by atoms with Crippen LogP contribution in [0.2, 0.25) is 0 Å². The summed E-state index contributed by atoms with van der Waals surface area (Å²) in [6.07, 6.45) is 12.0. The molecule has 0 saturated carbocycles. The summed E-state index contributed by atoms with van der Waals surface area (Å²) in [7, 11) is 0. The molecule has 0 spiro atoms. The van der Waals surface area contributed by atoms with E-state index < -0.39 is 5.41 Å². The van der Waals surface area contributed by atoms with Crippen LogP contribution in [0.4, 0.5) is 4.39 Å². The first kappa shape index (κ1) is 20.8. The van der Waals surface area contributed by atoms with Gasteiger partial charge in [0.25, 0.3) is 0 Å². The standard InChI is InChI=1S/C27H30FN3O2/c28-23-5-2-1-4-22(23)27(9-14-33-15-10-27)26(32)31-20-7-8-21(31)17-19(16-20)18-24-25-6-3-12-30(25)13-11-29-24/h1-6,11-13,19-21H,7-10,14-18H2/t20-,21-/m0/s1. The first-order valence-electron chi connectivity index (χ1n) is 12.2. The SMILES string of the molecule is O=C(N1[C@H]2CC[C@H]1CC(Cc1nccn3cccc13)C2)C1(c2ccccc2F)CCOCC1. The molecular formula is C27H30FN3O2. The third kappa shape index (κ3) is 3.46. The van der Waals surface area contributed by atoms with Gasteiger partial charge in [0.05, 0.1) is 16.6 Å². The Balaban J connectivity index is 1.26. The number of benzene rings is 1. The van der Waals surface area contributed by atoms with Gasteiger partial charge in [-0.15, -0.1) is 0 Å². The van der Waals surface area contributed by atoms with Gasteiger partial charge >= 0.3 is 0 Å². The van der Waals surface area contributed by atoms with Crippen molar-refractivity contribution in [2.45, 2.75) is 62.4 Å². The molecule has 2 aromatic heterocycles. The zero-order valence-corrected chi connectivity index (χ0v) is 18.8. The van der Waals surface area contributed by atoms with Crippen molar-refractivity contribution in [2.24, 2.45) is 5.92 Å². The largest absolute Gasteiger partial charge is 0.381 e. The van der Waals surface area contributed by atoms with Gasteiger partial charge in [-0.2, -0.15) is 0 Å². The van der Waals surface area contributed by atoms with E-state index in [0.717, 1.165) is 37.8 Å². The molecule has 1 aromatic carbocycles. The predicted octanol–water partition coefficient (Wildman–Crippen LogP) is 4.53. The van der Waals surface area contributed by atoms with E-state index in [2.05, 4.69) is 32.6 Å². The summed E-state index contributed by atoms with van der Waals surface area (Å²) >= 11 is 0. The van der Waals surface area contributed by atoms with Crippen LogP contribution < -0.4 is 0 Å². The van der Waals surface area contributed by atoms with E-state index >= 15 is 0 Å². The van der Waals surface area contributed by atoms with Gasteiger partial charge in [0.15, 0.2) is 0 Å². The van der Waals surface area contributed by atoms with Gasteiger partial charge < -0.3 is 14.0 Å². The molecule has 5 heterocycles. The Hall–Kier alpha value is -2.73. The fraction of sp³-hybridized carbons (Fsp3) is 0.481. The molecule has 6 heteroatoms. The number of carbonyl (C=O) groups is 1. The summed E-state index contributed by atoms with van der Waals surface area (Å²) in [5.41, 5.74) is 2.04. The van der Waals surface area contributed by atoms with Gasteiger partial charge in [0.2, 0.25) is 5.91 Å². The van der Waals surface area contributed by atoms with Crippen LogP contribution in [0.1, 0.15) is 49.8 Å². The van der Waals surface area contributed by atoms with Crippen molar-refractivity contribution < 1.29 is 13.9 Å². The Bertz CT molecular complexity index is 1150. The molecule has 0 aliphatic carbocycles. The van der Waals surface area contributed by atoms with E-state index in [4.69, 9.17) is 4.74 Å². The number of piperidine rings is 1. The number of rotatable bonds is 4. The lowest BCUT2D eigenvalue weighted by Crippen LogP contribution is -2.56. The van der Waals surface area contributed by atoms with Crippen LogP contribution in [0.5, 0.6) is 0 Å². The van der Waals surface area contributed by atoms with Crippen LogP contribution in [0.25, 0.3) is 5.52 Å². The van der Waals surface area contributed by atoms with Crippen molar-refractivity contribution in [1.82, 2.24) is 14.3 Å². The van der Waals surface area contributed by atoms with Gasteiger partial charge in [-0.1, -0.05) is 18.2 Å². The lowest BCUT2D eigenvalue weighted by molar-refractivity contribution is -0.147. The molecule has 3 aromatic rings. The quantitative estimate of drug-likeness (QED) is 0.590. The highest BCUT2D eigenvalue weighted by atomic mass is 19.1. The highest BCUT2D eigenvalue weighted by molar-refractivity contribution is 5.89. The average molecular weight is 448 g/mol. The van der Waals surface area contributed by atoms with Crippen LogP contribution in [-0.2, 0) is 21.4 Å². The molecule has 3 saturated heterocycles. The minimum atomic E-state index is -0.809. The number of fused-ring (bicyclic) bond motifs is 3. The van der Waals surface area contributed by atoms with E-state index in [1.165, 1.54) is 11.6 Å². The summed E-state index contributed by atoms with van der Waals surface area (Å²) in [4.78, 5) is 21.0. The van der Waals surface area contributed by atoms with Crippen LogP contribution in [-0.4, -0.2) is 45.5 Å². The first-order chi connectivity index (χ1) is 16.2. The van der Waals surface area contributed by atoms with E-state index in [1.54, 1.807) is 12.1 Å². The van der Waals surface area contributed by atoms with Crippen LogP contribution in [0.15, 0.2) is 55.0 Å². The molecule has 2 bridgehead atoms. The Labute approximate surface area is 193 Å². The monoisotopic (exact) mass is 447 g/mol. The molecule has 0 radical (unpaired) electrons. The molecule has 172 valence electrons. The summed E-state index contributed by atoms with van der Waals surface area (Å²) in [6.45, 7) is 0.998. The van der Waals surface area contributed by atoms with Gasteiger partial charge in [-0.05, 0) is 69.1 Å². The van der Waals surface area contributed by atoms with Gasteiger partial charge in [-0.3, -0.25) is 9.78 Å². The second kappa shape index (κ2) is 8.24. The van der Waals surface area contributed by atoms with Crippen molar-refractivity contribution >= 4 is 11.4 Å². The Morgan fingerprint density at radius 3 is 2.58 bits per heavy atom. The van der Waals surface area contributed by atoms with Crippen LogP contribution in [0, 0.1) is 11.7 Å². The fourth-order valence-corrected chi connectivity index (χ4v) is 6.66. The molecule has 3 fully saturated rings. The summed E-state index contributed by atoms with van der Waals surface area (Å²) in [6, 6.07) is 11.5. The predicted molar refractivity (Wildman–Crippen MR) is 123 cm³/mol. The Morgan fingerprint density at radius 2 is 1.82 bits per heavy atom. The number of halogens is 1. The lowest BCUT2D eigenvalue weighted by atomic mass is 9.71. The van der Waals surface area contributed by atoms with E-state index in [1.807, 2.05) is 18.5 Å².